The molecule has 0 unspecified atom stereocenters. The van der Waals surface area contributed by atoms with Crippen LogP contribution in [0.2, 0.25) is 0 Å². The van der Waals surface area contributed by atoms with Gasteiger partial charge in [0, 0.05) is 18.1 Å². The van der Waals surface area contributed by atoms with Gasteiger partial charge in [-0.05, 0) is 59.5 Å². The smallest absolute Gasteiger partial charge is 0.342 e. The summed E-state index contributed by atoms with van der Waals surface area (Å²) in [6, 6.07) is 12.0. The van der Waals surface area contributed by atoms with Crippen LogP contribution in [0, 0.1) is 17.0 Å². The summed E-state index contributed by atoms with van der Waals surface area (Å²) >= 11 is 0. The Morgan fingerprint density at radius 2 is 1.84 bits per heavy atom. The van der Waals surface area contributed by atoms with Crippen LogP contribution in [-0.4, -0.2) is 41.1 Å². The molecule has 0 fully saturated rings. The van der Waals surface area contributed by atoms with E-state index in [1.807, 2.05) is 0 Å². The van der Waals surface area contributed by atoms with Crippen molar-refractivity contribution in [3.05, 3.63) is 81.8 Å². The Labute approximate surface area is 185 Å². The number of hydrogen-bond donors (Lipinski definition) is 0. The number of carbonyl (C=O) groups is 1. The van der Waals surface area contributed by atoms with E-state index in [-0.39, 0.29) is 24.8 Å². The molecule has 0 radical (unpaired) electrons. The lowest BCUT2D eigenvalue weighted by Crippen LogP contribution is -2.11. The molecule has 0 saturated heterocycles. The monoisotopic (exact) mass is 437 g/mol. The maximum absolute atomic E-state index is 12.5. The van der Waals surface area contributed by atoms with Crippen LogP contribution < -0.4 is 14.2 Å². The zero-order valence-electron chi connectivity index (χ0n) is 18.0. The molecule has 0 atom stereocenters. The number of allylic oxidation sites excluding steroid dienone is 1. The maximum atomic E-state index is 12.5. The minimum Gasteiger partial charge on any atom is -0.497 e. The SMILES string of the molecule is COc1ccc(OC)c(/C=C/C(=O)c2ccc(OCCn3c([N+](=O)[O-])cnc3C)cc2)c1. The van der Waals surface area contributed by atoms with Gasteiger partial charge in [0.1, 0.15) is 36.6 Å². The second-order valence-electron chi connectivity index (χ2n) is 6.75. The number of ether oxygens (including phenoxy) is 3. The third-order valence-electron chi connectivity index (χ3n) is 4.79. The van der Waals surface area contributed by atoms with Gasteiger partial charge in [-0.1, -0.05) is 0 Å². The summed E-state index contributed by atoms with van der Waals surface area (Å²) in [7, 11) is 3.13. The number of imidazole rings is 1. The number of aryl methyl sites for hydroxylation is 1. The van der Waals surface area contributed by atoms with Crippen molar-refractivity contribution >= 4 is 17.7 Å². The van der Waals surface area contributed by atoms with E-state index in [1.54, 1.807) is 69.7 Å². The standard InChI is InChI=1S/C23H23N3O6/c1-16-24-15-23(26(28)29)25(16)12-13-32-19-7-4-17(5-8-19)21(27)10-6-18-14-20(30-2)9-11-22(18)31-3/h4-11,14-15H,12-13H2,1-3H3/b10-6+. The van der Waals surface area contributed by atoms with E-state index in [0.29, 0.717) is 28.6 Å². The highest BCUT2D eigenvalue weighted by Crippen LogP contribution is 2.25. The number of hydrogen-bond acceptors (Lipinski definition) is 7. The molecule has 0 bridgehead atoms. The van der Waals surface area contributed by atoms with Gasteiger partial charge in [0.05, 0.1) is 14.2 Å². The molecule has 3 aromatic rings. The fraction of sp³-hybridized carbons (Fsp3) is 0.217. The third-order valence-corrected chi connectivity index (χ3v) is 4.79. The summed E-state index contributed by atoms with van der Waals surface area (Å²) in [6.45, 7) is 2.21. The van der Waals surface area contributed by atoms with Crippen molar-refractivity contribution in [3.63, 3.8) is 0 Å². The second kappa shape index (κ2) is 10.3. The third kappa shape index (κ3) is 5.31. The fourth-order valence-electron chi connectivity index (χ4n) is 3.08. The number of carbonyl (C=O) groups excluding carboxylic acids is 1. The molecule has 1 aromatic heterocycles. The molecule has 166 valence electrons. The van der Waals surface area contributed by atoms with Gasteiger partial charge >= 0.3 is 5.82 Å². The van der Waals surface area contributed by atoms with Gasteiger partial charge < -0.3 is 24.3 Å². The van der Waals surface area contributed by atoms with Gasteiger partial charge in [-0.2, -0.15) is 0 Å². The van der Waals surface area contributed by atoms with E-state index < -0.39 is 4.92 Å². The first-order valence-corrected chi connectivity index (χ1v) is 9.76. The molecule has 0 spiro atoms. The Bertz CT molecular complexity index is 1140. The Morgan fingerprint density at radius 1 is 1.12 bits per heavy atom. The zero-order valence-corrected chi connectivity index (χ0v) is 18.0. The van der Waals surface area contributed by atoms with Gasteiger partial charge in [0.15, 0.2) is 11.6 Å². The molecule has 32 heavy (non-hydrogen) atoms. The van der Waals surface area contributed by atoms with Crippen molar-refractivity contribution in [1.82, 2.24) is 9.55 Å². The van der Waals surface area contributed by atoms with E-state index in [0.717, 1.165) is 5.56 Å². The van der Waals surface area contributed by atoms with Crippen molar-refractivity contribution in [2.24, 2.45) is 0 Å². The Morgan fingerprint density at radius 3 is 2.50 bits per heavy atom. The van der Waals surface area contributed by atoms with Crippen LogP contribution in [0.5, 0.6) is 17.2 Å². The number of ketones is 1. The molecule has 0 saturated carbocycles. The van der Waals surface area contributed by atoms with Crippen molar-refractivity contribution in [3.8, 4) is 17.2 Å². The lowest BCUT2D eigenvalue weighted by molar-refractivity contribution is -0.392. The predicted molar refractivity (Wildman–Crippen MR) is 118 cm³/mol. The molecule has 1 heterocycles. The minimum atomic E-state index is -0.477. The molecular weight excluding hydrogens is 414 g/mol. The van der Waals surface area contributed by atoms with Crippen LogP contribution in [-0.2, 0) is 6.54 Å². The van der Waals surface area contributed by atoms with E-state index in [4.69, 9.17) is 14.2 Å². The van der Waals surface area contributed by atoms with Crippen LogP contribution in [0.4, 0.5) is 5.82 Å². The first-order valence-electron chi connectivity index (χ1n) is 9.76. The van der Waals surface area contributed by atoms with E-state index in [2.05, 4.69) is 4.98 Å². The summed E-state index contributed by atoms with van der Waals surface area (Å²) in [5, 5.41) is 11.0. The number of rotatable bonds is 10. The number of benzene rings is 2. The van der Waals surface area contributed by atoms with E-state index in [9.17, 15) is 14.9 Å². The number of aromatic nitrogens is 2. The number of methoxy groups -OCH3 is 2. The second-order valence-corrected chi connectivity index (χ2v) is 6.75. The highest BCUT2D eigenvalue weighted by atomic mass is 16.6. The molecule has 0 aliphatic rings. The largest absolute Gasteiger partial charge is 0.497 e. The van der Waals surface area contributed by atoms with Crippen LogP contribution in [0.3, 0.4) is 0 Å². The molecule has 3 rings (SSSR count). The first kappa shape index (κ1) is 22.5. The average molecular weight is 437 g/mol. The van der Waals surface area contributed by atoms with Crippen LogP contribution in [0.25, 0.3) is 6.08 Å². The Hall–Kier alpha value is -4.14. The molecular formula is C23H23N3O6. The predicted octanol–water partition coefficient (Wildman–Crippen LogP) is 4.09. The van der Waals surface area contributed by atoms with Crippen molar-refractivity contribution in [2.75, 3.05) is 20.8 Å². The summed E-state index contributed by atoms with van der Waals surface area (Å²) in [6.07, 6.45) is 4.37. The Kier molecular flexibility index (Phi) is 7.22. The van der Waals surface area contributed by atoms with Crippen molar-refractivity contribution in [2.45, 2.75) is 13.5 Å². The maximum Gasteiger partial charge on any atom is 0.342 e. The topological polar surface area (TPSA) is 106 Å². The highest BCUT2D eigenvalue weighted by Gasteiger charge is 2.17. The summed E-state index contributed by atoms with van der Waals surface area (Å²) in [5.41, 5.74) is 1.22. The molecule has 0 aliphatic heterocycles. The zero-order chi connectivity index (χ0) is 23.1. The average Bonchev–Trinajstić information content (AvgIpc) is 3.18. The number of nitrogens with zero attached hydrogens (tertiary/aromatic N) is 3. The van der Waals surface area contributed by atoms with Gasteiger partial charge in [0.25, 0.3) is 0 Å². The first-order chi connectivity index (χ1) is 15.4. The fourth-order valence-corrected chi connectivity index (χ4v) is 3.08. The van der Waals surface area contributed by atoms with Crippen LogP contribution >= 0.6 is 0 Å². The molecule has 0 aliphatic carbocycles. The summed E-state index contributed by atoms with van der Waals surface area (Å²) < 4.78 is 17.7. The van der Waals surface area contributed by atoms with Gasteiger partial charge in [-0.3, -0.25) is 4.79 Å². The summed E-state index contributed by atoms with van der Waals surface area (Å²) in [4.78, 5) is 27.0. The van der Waals surface area contributed by atoms with Crippen LogP contribution in [0.1, 0.15) is 21.7 Å². The molecule has 2 aromatic carbocycles. The normalized spacial score (nSPS) is 10.8. The molecule has 9 nitrogen and oxygen atoms in total. The lowest BCUT2D eigenvalue weighted by atomic mass is 10.1. The van der Waals surface area contributed by atoms with Gasteiger partial charge in [0.2, 0.25) is 0 Å². The van der Waals surface area contributed by atoms with Crippen molar-refractivity contribution in [1.29, 1.82) is 0 Å². The molecule has 0 N–H and O–H groups in total. The van der Waals surface area contributed by atoms with E-state index in [1.165, 1.54) is 16.8 Å². The minimum absolute atomic E-state index is 0.0773. The highest BCUT2D eigenvalue weighted by molar-refractivity contribution is 6.07. The summed E-state index contributed by atoms with van der Waals surface area (Å²) in [5.74, 6) is 2.14. The van der Waals surface area contributed by atoms with Crippen molar-refractivity contribution < 1.29 is 23.9 Å². The molecule has 0 amide bonds. The lowest BCUT2D eigenvalue weighted by Gasteiger charge is -2.07. The Balaban J connectivity index is 1.61. The van der Waals surface area contributed by atoms with Gasteiger partial charge in [-0.15, -0.1) is 0 Å². The quantitative estimate of drug-likeness (QED) is 0.203. The number of nitro groups is 1. The van der Waals surface area contributed by atoms with E-state index >= 15 is 0 Å². The van der Waals surface area contributed by atoms with Crippen LogP contribution in [0.15, 0.2) is 54.7 Å². The van der Waals surface area contributed by atoms with Gasteiger partial charge in [-0.25, -0.2) is 9.55 Å². The molecule has 9 heteroatoms.